The number of benzene rings is 1. The Morgan fingerprint density at radius 1 is 1.18 bits per heavy atom. The maximum absolute atomic E-state index is 13.2. The van der Waals surface area contributed by atoms with Gasteiger partial charge in [0.1, 0.15) is 18.2 Å². The molecule has 184 valence electrons. The molecule has 0 aliphatic heterocycles. The number of aliphatic carboxylic acids is 1. The van der Waals surface area contributed by atoms with Gasteiger partial charge in [-0.05, 0) is 33.3 Å². The first kappa shape index (κ1) is 26.4. The maximum atomic E-state index is 13.2. The predicted octanol–water partition coefficient (Wildman–Crippen LogP) is 0.894. The second-order valence-corrected chi connectivity index (χ2v) is 8.76. The molecule has 0 saturated heterocycles. The zero-order valence-corrected chi connectivity index (χ0v) is 19.7. The molecule has 3 N–H and O–H groups in total. The largest absolute Gasteiger partial charge is 0.480 e. The highest BCUT2D eigenvalue weighted by atomic mass is 16.6. The van der Waals surface area contributed by atoms with Crippen molar-refractivity contribution in [2.24, 2.45) is 0 Å². The molecular weight excluding hydrogens is 444 g/mol. The summed E-state index contributed by atoms with van der Waals surface area (Å²) in [6.07, 6.45) is 0.555. The van der Waals surface area contributed by atoms with E-state index in [0.717, 1.165) is 9.47 Å². The van der Waals surface area contributed by atoms with E-state index in [4.69, 9.17) is 4.74 Å². The maximum Gasteiger partial charge on any atom is 0.407 e. The lowest BCUT2D eigenvalue weighted by Gasteiger charge is -2.30. The molecule has 0 radical (unpaired) electrons. The predicted molar refractivity (Wildman–Crippen MR) is 124 cm³/mol. The number of carboxylic acid groups (broad SMARTS) is 1. The van der Waals surface area contributed by atoms with Gasteiger partial charge in [-0.2, -0.15) is 0 Å². The SMILES string of the molecule is Cc1cn(CC(=O)N(CCNC(=O)OC(C)(C)C)[C@H](Cc2ccccc2)C(=O)O)c(=O)[nH]c1=O. The van der Waals surface area contributed by atoms with E-state index in [0.29, 0.717) is 5.56 Å². The summed E-state index contributed by atoms with van der Waals surface area (Å²) in [6, 6.07) is 7.54. The summed E-state index contributed by atoms with van der Waals surface area (Å²) in [5.41, 5.74) is -1.15. The molecule has 1 heterocycles. The highest BCUT2D eigenvalue weighted by Gasteiger charge is 2.30. The molecule has 0 saturated carbocycles. The summed E-state index contributed by atoms with van der Waals surface area (Å²) in [5.74, 6) is -1.90. The molecule has 11 nitrogen and oxygen atoms in total. The van der Waals surface area contributed by atoms with Gasteiger partial charge in [0, 0.05) is 31.3 Å². The van der Waals surface area contributed by atoms with Crippen molar-refractivity contribution in [3.63, 3.8) is 0 Å². The fourth-order valence-electron chi connectivity index (χ4n) is 3.19. The van der Waals surface area contributed by atoms with Gasteiger partial charge in [0.15, 0.2) is 0 Å². The van der Waals surface area contributed by atoms with Crippen LogP contribution in [-0.4, -0.2) is 62.3 Å². The van der Waals surface area contributed by atoms with Gasteiger partial charge in [-0.25, -0.2) is 14.4 Å². The number of H-pyrrole nitrogens is 1. The Morgan fingerprint density at radius 3 is 2.41 bits per heavy atom. The number of nitrogens with one attached hydrogen (secondary N) is 2. The van der Waals surface area contributed by atoms with E-state index < -0.39 is 47.4 Å². The molecule has 11 heteroatoms. The van der Waals surface area contributed by atoms with Crippen LogP contribution in [0.2, 0.25) is 0 Å². The van der Waals surface area contributed by atoms with Crippen LogP contribution in [0.15, 0.2) is 46.1 Å². The minimum Gasteiger partial charge on any atom is -0.480 e. The highest BCUT2D eigenvalue weighted by molar-refractivity contribution is 5.84. The van der Waals surface area contributed by atoms with Crippen molar-refractivity contribution in [2.75, 3.05) is 13.1 Å². The molecule has 1 atom stereocenters. The number of carbonyl (C=O) groups excluding carboxylic acids is 2. The second-order valence-electron chi connectivity index (χ2n) is 8.76. The number of alkyl carbamates (subject to hydrolysis) is 1. The number of carboxylic acids is 1. The molecule has 0 aliphatic carbocycles. The number of hydrogen-bond acceptors (Lipinski definition) is 6. The molecule has 2 amide bonds. The minimum atomic E-state index is -1.25. The third-order valence-electron chi connectivity index (χ3n) is 4.77. The van der Waals surface area contributed by atoms with Crippen molar-refractivity contribution in [2.45, 2.75) is 52.3 Å². The van der Waals surface area contributed by atoms with Crippen molar-refractivity contribution < 1.29 is 24.2 Å². The van der Waals surface area contributed by atoms with E-state index in [1.807, 2.05) is 0 Å². The Labute approximate surface area is 196 Å². The Kier molecular flexibility index (Phi) is 8.76. The first-order valence-electron chi connectivity index (χ1n) is 10.7. The van der Waals surface area contributed by atoms with Crippen LogP contribution in [0.3, 0.4) is 0 Å². The van der Waals surface area contributed by atoms with Crippen LogP contribution in [0.1, 0.15) is 31.9 Å². The zero-order chi connectivity index (χ0) is 25.5. The number of aromatic amines is 1. The first-order valence-corrected chi connectivity index (χ1v) is 10.7. The van der Waals surface area contributed by atoms with Crippen molar-refractivity contribution in [1.82, 2.24) is 19.8 Å². The van der Waals surface area contributed by atoms with E-state index >= 15 is 0 Å². The van der Waals surface area contributed by atoms with Crippen LogP contribution in [-0.2, 0) is 27.3 Å². The molecule has 0 spiro atoms. The molecule has 0 bridgehead atoms. The lowest BCUT2D eigenvalue weighted by Crippen LogP contribution is -2.51. The Morgan fingerprint density at radius 2 is 1.82 bits per heavy atom. The fraction of sp³-hybridized carbons (Fsp3) is 0.435. The second kappa shape index (κ2) is 11.3. The van der Waals surface area contributed by atoms with Gasteiger partial charge in [-0.1, -0.05) is 30.3 Å². The number of nitrogens with zero attached hydrogens (tertiary/aromatic N) is 2. The standard InChI is InChI=1S/C23H30N4O7/c1-15-13-26(21(32)25-19(15)29)14-18(28)27(11-10-24-22(33)34-23(2,3)4)17(20(30)31)12-16-8-6-5-7-9-16/h5-9,13,17H,10-12,14H2,1-4H3,(H,24,33)(H,30,31)(H,25,29,32)/t17-/m1/s1. The summed E-state index contributed by atoms with van der Waals surface area (Å²) in [6.45, 7) is 5.89. The number of rotatable bonds is 9. The quantitative estimate of drug-likeness (QED) is 0.488. The van der Waals surface area contributed by atoms with E-state index in [1.165, 1.54) is 13.1 Å². The third-order valence-corrected chi connectivity index (χ3v) is 4.77. The van der Waals surface area contributed by atoms with Gasteiger partial charge in [-0.3, -0.25) is 19.1 Å². The van der Waals surface area contributed by atoms with Gasteiger partial charge >= 0.3 is 17.8 Å². The number of aromatic nitrogens is 2. The molecule has 1 aromatic carbocycles. The Hall–Kier alpha value is -3.89. The van der Waals surface area contributed by atoms with Crippen molar-refractivity contribution in [1.29, 1.82) is 0 Å². The third kappa shape index (κ3) is 7.91. The topological polar surface area (TPSA) is 151 Å². The normalized spacial score (nSPS) is 12.0. The van der Waals surface area contributed by atoms with Crippen LogP contribution in [0, 0.1) is 6.92 Å². The summed E-state index contributed by atoms with van der Waals surface area (Å²) in [7, 11) is 0. The van der Waals surface area contributed by atoms with Crippen LogP contribution < -0.4 is 16.6 Å². The lowest BCUT2D eigenvalue weighted by atomic mass is 10.0. The molecule has 0 aliphatic rings. The Balaban J connectivity index is 2.27. The monoisotopic (exact) mass is 474 g/mol. The van der Waals surface area contributed by atoms with Gasteiger partial charge < -0.3 is 20.1 Å². The van der Waals surface area contributed by atoms with Crippen LogP contribution in [0.25, 0.3) is 0 Å². The average molecular weight is 475 g/mol. The number of amides is 2. The molecule has 34 heavy (non-hydrogen) atoms. The molecule has 2 aromatic rings. The lowest BCUT2D eigenvalue weighted by molar-refractivity contribution is -0.150. The van der Waals surface area contributed by atoms with Crippen molar-refractivity contribution >= 4 is 18.0 Å². The summed E-state index contributed by atoms with van der Waals surface area (Å²) >= 11 is 0. The van der Waals surface area contributed by atoms with E-state index in [-0.39, 0.29) is 25.1 Å². The molecule has 0 unspecified atom stereocenters. The average Bonchev–Trinajstić information content (AvgIpc) is 2.73. The summed E-state index contributed by atoms with van der Waals surface area (Å²) in [5, 5.41) is 12.4. The molecule has 0 fully saturated rings. The number of carbonyl (C=O) groups is 3. The number of aryl methyl sites for hydroxylation is 1. The van der Waals surface area contributed by atoms with Crippen molar-refractivity contribution in [3.05, 3.63) is 68.5 Å². The van der Waals surface area contributed by atoms with E-state index in [2.05, 4.69) is 10.3 Å². The van der Waals surface area contributed by atoms with Gasteiger partial charge in [0.05, 0.1) is 0 Å². The first-order chi connectivity index (χ1) is 15.9. The minimum absolute atomic E-state index is 0.0217. The number of ether oxygens (including phenoxy) is 1. The van der Waals surface area contributed by atoms with E-state index in [9.17, 15) is 29.1 Å². The molecule has 2 rings (SSSR count). The van der Waals surface area contributed by atoms with Gasteiger partial charge in [0.25, 0.3) is 5.56 Å². The van der Waals surface area contributed by atoms with Gasteiger partial charge in [-0.15, -0.1) is 0 Å². The summed E-state index contributed by atoms with van der Waals surface area (Å²) < 4.78 is 6.18. The highest BCUT2D eigenvalue weighted by Crippen LogP contribution is 2.11. The van der Waals surface area contributed by atoms with Crippen LogP contribution in [0.4, 0.5) is 4.79 Å². The zero-order valence-electron chi connectivity index (χ0n) is 19.7. The van der Waals surface area contributed by atoms with Crippen molar-refractivity contribution in [3.8, 4) is 0 Å². The van der Waals surface area contributed by atoms with E-state index in [1.54, 1.807) is 51.1 Å². The smallest absolute Gasteiger partial charge is 0.407 e. The summed E-state index contributed by atoms with van der Waals surface area (Å²) in [4.78, 5) is 64.2. The Bertz CT molecular complexity index is 1130. The molecule has 1 aromatic heterocycles. The van der Waals surface area contributed by atoms with Crippen LogP contribution in [0.5, 0.6) is 0 Å². The van der Waals surface area contributed by atoms with Crippen LogP contribution >= 0.6 is 0 Å². The number of hydrogen-bond donors (Lipinski definition) is 3. The fourth-order valence-corrected chi connectivity index (χ4v) is 3.19. The molecular formula is C23H30N4O7. The van der Waals surface area contributed by atoms with Gasteiger partial charge in [0.2, 0.25) is 5.91 Å².